The van der Waals surface area contributed by atoms with Gasteiger partial charge in [0.15, 0.2) is 20.1 Å². The van der Waals surface area contributed by atoms with Gasteiger partial charge in [0.1, 0.15) is 0 Å². The van der Waals surface area contributed by atoms with E-state index in [0.717, 1.165) is 0 Å². The summed E-state index contributed by atoms with van der Waals surface area (Å²) in [5, 5.41) is -1.01. The zero-order chi connectivity index (χ0) is 12.6. The molecule has 1 heterocycles. The molecule has 1 rings (SSSR count). The molecule has 0 aromatic carbocycles. The molecule has 0 aromatic rings. The molecular formula is C6H9NO2P2S5. The molecule has 1 saturated heterocycles. The first-order valence-electron chi connectivity index (χ1n) is 3.97. The molecular weight excluding hydrogens is 340 g/mol. The molecule has 1 aliphatic heterocycles. The van der Waals surface area contributed by atoms with Crippen molar-refractivity contribution in [1.82, 2.24) is 4.31 Å². The van der Waals surface area contributed by atoms with Gasteiger partial charge in [0.25, 0.3) is 5.12 Å². The third-order valence-corrected chi connectivity index (χ3v) is 12.8. The Morgan fingerprint density at radius 2 is 1.75 bits per heavy atom. The Kier molecular flexibility index (Phi) is 5.51. The standard InChI is InChI=1S/C6H9NO2P2S5/c1-7-6(10-12,11-13)5(14-2,15-3)4(8)16(7)9/h1-3H3. The molecule has 90 valence electrons. The van der Waals surface area contributed by atoms with Crippen molar-refractivity contribution in [3.05, 3.63) is 0 Å². The van der Waals surface area contributed by atoms with E-state index in [2.05, 4.69) is 0 Å². The highest BCUT2D eigenvalue weighted by Crippen LogP contribution is 2.62. The minimum absolute atomic E-state index is 0.287. The molecule has 1 aliphatic rings. The van der Waals surface area contributed by atoms with E-state index in [9.17, 15) is 9.00 Å². The lowest BCUT2D eigenvalue weighted by Gasteiger charge is -2.36. The van der Waals surface area contributed by atoms with Crippen LogP contribution in [0.5, 0.6) is 0 Å². The van der Waals surface area contributed by atoms with Gasteiger partial charge in [-0.2, -0.15) is 4.31 Å². The third kappa shape index (κ3) is 1.81. The van der Waals surface area contributed by atoms with Crippen molar-refractivity contribution in [3.63, 3.8) is 0 Å². The monoisotopic (exact) mass is 349 g/mol. The van der Waals surface area contributed by atoms with Crippen LogP contribution in [-0.2, 0) is 39.4 Å². The van der Waals surface area contributed by atoms with Crippen LogP contribution in [0.4, 0.5) is 0 Å². The lowest BCUT2D eigenvalue weighted by molar-refractivity contribution is -0.111. The molecule has 0 N–H and O–H groups in total. The summed E-state index contributed by atoms with van der Waals surface area (Å²) in [5.41, 5.74) is 0. The van der Waals surface area contributed by atoms with Gasteiger partial charge in [0.2, 0.25) is 0 Å². The average Bonchev–Trinajstić information content (AvgIpc) is 2.48. The average molecular weight is 349 g/mol. The summed E-state index contributed by atoms with van der Waals surface area (Å²) in [5.74, 6) is 0. The normalized spacial score (nSPS) is 34.9. The van der Waals surface area contributed by atoms with E-state index in [1.54, 1.807) is 7.05 Å². The number of carbonyl (C=O) groups is 1. The minimum atomic E-state index is -1.65. The van der Waals surface area contributed by atoms with Gasteiger partial charge in [-0.25, -0.2) is 4.21 Å². The summed E-state index contributed by atoms with van der Waals surface area (Å²) >= 11 is 13.0. The number of rotatable bonds is 4. The summed E-state index contributed by atoms with van der Waals surface area (Å²) in [7, 11) is 1.13. The van der Waals surface area contributed by atoms with Crippen LogP contribution in [0, 0.1) is 0 Å². The maximum Gasteiger partial charge on any atom is 0.263 e. The molecule has 16 heavy (non-hydrogen) atoms. The second kappa shape index (κ2) is 5.66. The van der Waals surface area contributed by atoms with E-state index >= 15 is 0 Å². The van der Waals surface area contributed by atoms with E-state index in [4.69, 9.17) is 23.6 Å². The summed E-state index contributed by atoms with van der Waals surface area (Å²) in [6.45, 7) is 0. The predicted molar refractivity (Wildman–Crippen MR) is 82.0 cm³/mol. The van der Waals surface area contributed by atoms with Crippen molar-refractivity contribution in [3.8, 4) is 0 Å². The second-order valence-corrected chi connectivity index (χ2v) is 9.70. The number of thioether (sulfide) groups is 2. The molecule has 0 amide bonds. The Labute approximate surface area is 119 Å². The molecule has 3 nitrogen and oxygen atoms in total. The smallest absolute Gasteiger partial charge is 0.263 e. The van der Waals surface area contributed by atoms with E-state index in [1.165, 1.54) is 27.8 Å². The van der Waals surface area contributed by atoms with Crippen LogP contribution in [0.25, 0.3) is 0 Å². The van der Waals surface area contributed by atoms with E-state index in [1.807, 2.05) is 12.5 Å². The van der Waals surface area contributed by atoms with Crippen molar-refractivity contribution in [2.75, 3.05) is 19.6 Å². The Morgan fingerprint density at radius 3 is 2.00 bits per heavy atom. The number of nitrogens with zero attached hydrogens (tertiary/aromatic N) is 1. The van der Waals surface area contributed by atoms with Crippen LogP contribution >= 0.6 is 38.2 Å². The molecule has 0 radical (unpaired) electrons. The summed E-state index contributed by atoms with van der Waals surface area (Å²) in [6, 6.07) is 0. The van der Waals surface area contributed by atoms with Crippen LogP contribution in [0.3, 0.4) is 0 Å². The maximum atomic E-state index is 12.1. The van der Waals surface area contributed by atoms with Gasteiger partial charge in [-0.05, 0) is 12.5 Å². The van der Waals surface area contributed by atoms with Crippen LogP contribution in [0.15, 0.2) is 0 Å². The van der Waals surface area contributed by atoms with Gasteiger partial charge in [-0.3, -0.25) is 4.79 Å². The van der Waals surface area contributed by atoms with Crippen LogP contribution in [0.1, 0.15) is 0 Å². The van der Waals surface area contributed by atoms with Gasteiger partial charge >= 0.3 is 0 Å². The molecule has 0 aromatic heterocycles. The highest BCUT2D eigenvalue weighted by atomic mass is 32.4. The Hall–Kier alpha value is 1.52. The highest BCUT2D eigenvalue weighted by Gasteiger charge is 2.67. The van der Waals surface area contributed by atoms with Gasteiger partial charge in [-0.15, -0.1) is 23.5 Å². The van der Waals surface area contributed by atoms with Crippen LogP contribution in [0.2, 0.25) is 0 Å². The zero-order valence-electron chi connectivity index (χ0n) is 8.70. The highest BCUT2D eigenvalue weighted by molar-refractivity contribution is 8.24. The fraction of sp³-hybridized carbons (Fsp3) is 0.833. The van der Waals surface area contributed by atoms with E-state index in [-0.39, 0.29) is 5.12 Å². The predicted octanol–water partition coefficient (Wildman–Crippen LogP) is 2.01. The first kappa shape index (κ1) is 15.6. The fourth-order valence-electron chi connectivity index (χ4n) is 1.47. The number of carbonyl (C=O) groups excluding carboxylic acids is 1. The molecule has 0 aliphatic carbocycles. The number of hydrogen-bond acceptors (Lipinski definition) is 6. The van der Waals surface area contributed by atoms with Crippen molar-refractivity contribution in [1.29, 1.82) is 0 Å². The van der Waals surface area contributed by atoms with Crippen LogP contribution in [-0.4, -0.2) is 42.3 Å². The van der Waals surface area contributed by atoms with Crippen molar-refractivity contribution >= 4 is 78.0 Å². The summed E-state index contributed by atoms with van der Waals surface area (Å²) in [4.78, 5) is 12.1. The molecule has 10 heteroatoms. The quantitative estimate of drug-likeness (QED) is 0.571. The molecule has 1 unspecified atom stereocenters. The van der Waals surface area contributed by atoms with Crippen molar-refractivity contribution in [2.45, 2.75) is 9.10 Å². The van der Waals surface area contributed by atoms with Gasteiger partial charge in [-0.1, -0.05) is 23.6 Å². The molecule has 0 spiro atoms. The minimum Gasteiger partial charge on any atom is -0.280 e. The topological polar surface area (TPSA) is 37.4 Å². The summed E-state index contributed by atoms with van der Waals surface area (Å²) in [6.07, 6.45) is 3.67. The summed E-state index contributed by atoms with van der Waals surface area (Å²) < 4.78 is 12.6. The molecule has 0 saturated carbocycles. The van der Waals surface area contributed by atoms with E-state index in [0.29, 0.717) is 14.7 Å². The SMILES string of the molecule is CSC1(SC)C(=O)S(=O)N(C)C1(P=S)P=S. The molecule has 1 fully saturated rings. The fourth-order valence-corrected chi connectivity index (χ4v) is 12.4. The second-order valence-electron chi connectivity index (χ2n) is 2.88. The lowest BCUT2D eigenvalue weighted by atomic mass is 10.4. The van der Waals surface area contributed by atoms with Gasteiger partial charge in [0, 0.05) is 21.8 Å². The Balaban J connectivity index is 3.54. The first-order valence-corrected chi connectivity index (χ1v) is 11.3. The molecule has 1 atom stereocenters. The van der Waals surface area contributed by atoms with Gasteiger partial charge in [0.05, 0.1) is 0 Å². The Morgan fingerprint density at radius 1 is 1.31 bits per heavy atom. The van der Waals surface area contributed by atoms with Crippen molar-refractivity contribution in [2.24, 2.45) is 0 Å². The third-order valence-electron chi connectivity index (χ3n) is 2.39. The van der Waals surface area contributed by atoms with Crippen LogP contribution < -0.4 is 0 Å². The molecule has 0 bridgehead atoms. The maximum absolute atomic E-state index is 12.1. The zero-order valence-corrected chi connectivity index (χ0v) is 14.6. The van der Waals surface area contributed by atoms with Gasteiger partial charge < -0.3 is 0 Å². The number of hydrogen-bond donors (Lipinski definition) is 0. The van der Waals surface area contributed by atoms with Crippen molar-refractivity contribution < 1.29 is 9.00 Å². The first-order chi connectivity index (χ1) is 7.47. The largest absolute Gasteiger partial charge is 0.280 e. The van der Waals surface area contributed by atoms with E-state index < -0.39 is 20.1 Å². The lowest BCUT2D eigenvalue weighted by Crippen LogP contribution is -2.45. The Bertz CT molecular complexity index is 364.